The number of nitriles is 1. The first-order chi connectivity index (χ1) is 8.27. The van der Waals surface area contributed by atoms with Gasteiger partial charge in [0.15, 0.2) is 6.61 Å². The van der Waals surface area contributed by atoms with Crippen LogP contribution in [0.5, 0.6) is 0 Å². The molecule has 0 saturated heterocycles. The van der Waals surface area contributed by atoms with Crippen LogP contribution in [0.2, 0.25) is 0 Å². The van der Waals surface area contributed by atoms with Gasteiger partial charge in [-0.1, -0.05) is 35.4 Å². The molecule has 6 nitrogen and oxygen atoms in total. The van der Waals surface area contributed by atoms with E-state index in [1.807, 2.05) is 30.3 Å². The van der Waals surface area contributed by atoms with Crippen molar-refractivity contribution < 1.29 is 9.53 Å². The number of rotatable bonds is 5. The van der Waals surface area contributed by atoms with Gasteiger partial charge >= 0.3 is 5.97 Å². The van der Waals surface area contributed by atoms with Crippen LogP contribution >= 0.6 is 0 Å². The summed E-state index contributed by atoms with van der Waals surface area (Å²) >= 11 is 0. The molecule has 1 aromatic carbocycles. The molecule has 1 rings (SSSR count). The van der Waals surface area contributed by atoms with Gasteiger partial charge in [-0.2, -0.15) is 5.26 Å². The van der Waals surface area contributed by atoms with E-state index in [-0.39, 0.29) is 13.0 Å². The molecule has 17 heavy (non-hydrogen) atoms. The van der Waals surface area contributed by atoms with E-state index in [9.17, 15) is 4.79 Å². The van der Waals surface area contributed by atoms with Crippen molar-refractivity contribution in [1.29, 1.82) is 5.26 Å². The molecule has 0 amide bonds. The summed E-state index contributed by atoms with van der Waals surface area (Å²) in [6.45, 7) is -0.342. The molecule has 0 unspecified atom stereocenters. The summed E-state index contributed by atoms with van der Waals surface area (Å²) in [5, 5.41) is 11.7. The number of benzene rings is 1. The molecule has 0 N–H and O–H groups in total. The van der Waals surface area contributed by atoms with Crippen molar-refractivity contribution in [2.45, 2.75) is 12.5 Å². The minimum atomic E-state index is -0.934. The Kier molecular flexibility index (Phi) is 5.08. The molecule has 0 aromatic heterocycles. The minimum Gasteiger partial charge on any atom is -0.450 e. The van der Waals surface area contributed by atoms with E-state index in [4.69, 9.17) is 10.8 Å². The Hall–Kier alpha value is -2.51. The highest BCUT2D eigenvalue weighted by Crippen LogP contribution is 2.07. The lowest BCUT2D eigenvalue weighted by Crippen LogP contribution is -2.23. The van der Waals surface area contributed by atoms with E-state index in [1.54, 1.807) is 6.07 Å². The van der Waals surface area contributed by atoms with Gasteiger partial charge in [0.05, 0.1) is 0 Å². The maximum Gasteiger partial charge on any atom is 0.316 e. The molecule has 0 heterocycles. The maximum absolute atomic E-state index is 11.5. The lowest BCUT2D eigenvalue weighted by Gasteiger charge is -2.09. The summed E-state index contributed by atoms with van der Waals surface area (Å²) in [4.78, 5) is 14.1. The molecule has 0 fully saturated rings. The fourth-order valence-corrected chi connectivity index (χ4v) is 1.27. The van der Waals surface area contributed by atoms with Crippen LogP contribution in [-0.2, 0) is 16.0 Å². The zero-order chi connectivity index (χ0) is 12.5. The molecule has 0 radical (unpaired) electrons. The maximum atomic E-state index is 11.5. The third-order valence-electron chi connectivity index (χ3n) is 2.01. The fourth-order valence-electron chi connectivity index (χ4n) is 1.27. The predicted octanol–water partition coefficient (Wildman–Crippen LogP) is 1.97. The number of hydrogen-bond acceptors (Lipinski definition) is 4. The molecular formula is C11H10N4O2. The van der Waals surface area contributed by atoms with Crippen LogP contribution in [0.25, 0.3) is 10.4 Å². The van der Waals surface area contributed by atoms with Crippen molar-refractivity contribution in [2.24, 2.45) is 5.11 Å². The van der Waals surface area contributed by atoms with Crippen LogP contribution in [0.1, 0.15) is 5.56 Å². The van der Waals surface area contributed by atoms with Crippen molar-refractivity contribution in [1.82, 2.24) is 0 Å². The third-order valence-corrected chi connectivity index (χ3v) is 2.01. The summed E-state index contributed by atoms with van der Waals surface area (Å²) in [6, 6.07) is 9.87. The van der Waals surface area contributed by atoms with Crippen LogP contribution in [0.4, 0.5) is 0 Å². The SMILES string of the molecule is N#CCOC(=O)[C@H](Cc1ccccc1)N=[N+]=[N-]. The first-order valence-electron chi connectivity index (χ1n) is 4.89. The number of carbonyl (C=O) groups excluding carboxylic acids is 1. The third kappa shape index (κ3) is 4.24. The van der Waals surface area contributed by atoms with Gasteiger partial charge in [-0.3, -0.25) is 4.79 Å². The number of esters is 1. The summed E-state index contributed by atoms with van der Waals surface area (Å²) in [5.41, 5.74) is 9.23. The first kappa shape index (κ1) is 12.6. The normalized spacial score (nSPS) is 10.8. The number of carbonyl (C=O) groups is 1. The average Bonchev–Trinajstić information content (AvgIpc) is 2.36. The predicted molar refractivity (Wildman–Crippen MR) is 59.7 cm³/mol. The summed E-state index contributed by atoms with van der Waals surface area (Å²) in [6.07, 6.45) is 0.259. The zero-order valence-corrected chi connectivity index (χ0v) is 8.98. The van der Waals surface area contributed by atoms with Crippen molar-refractivity contribution in [3.05, 3.63) is 46.3 Å². The second kappa shape index (κ2) is 6.88. The standard InChI is InChI=1S/C11H10N4O2/c12-6-7-17-11(16)10(14-15-13)8-9-4-2-1-3-5-9/h1-5,10H,7-8H2/t10-/m0/s1. The highest BCUT2D eigenvalue weighted by atomic mass is 16.5. The Morgan fingerprint density at radius 1 is 1.53 bits per heavy atom. The van der Waals surface area contributed by atoms with Gasteiger partial charge in [0.25, 0.3) is 0 Å². The van der Waals surface area contributed by atoms with Crippen molar-refractivity contribution >= 4 is 5.97 Å². The van der Waals surface area contributed by atoms with Crippen LogP contribution in [0.15, 0.2) is 35.4 Å². The number of ether oxygens (including phenoxy) is 1. The van der Waals surface area contributed by atoms with Crippen LogP contribution < -0.4 is 0 Å². The molecule has 6 heteroatoms. The second-order valence-electron chi connectivity index (χ2n) is 3.18. The van der Waals surface area contributed by atoms with E-state index in [2.05, 4.69) is 14.8 Å². The summed E-state index contributed by atoms with van der Waals surface area (Å²) in [5.74, 6) is -0.687. The van der Waals surface area contributed by atoms with Gasteiger partial charge in [-0.05, 0) is 17.5 Å². The van der Waals surface area contributed by atoms with Crippen LogP contribution in [0, 0.1) is 11.3 Å². The average molecular weight is 230 g/mol. The Morgan fingerprint density at radius 3 is 2.82 bits per heavy atom. The molecule has 0 spiro atoms. The van der Waals surface area contributed by atoms with Gasteiger partial charge < -0.3 is 4.74 Å². The van der Waals surface area contributed by atoms with E-state index in [0.717, 1.165) is 5.56 Å². The molecule has 0 bridgehead atoms. The highest BCUT2D eigenvalue weighted by Gasteiger charge is 2.18. The van der Waals surface area contributed by atoms with E-state index < -0.39 is 12.0 Å². The Labute approximate surface area is 98.1 Å². The van der Waals surface area contributed by atoms with E-state index in [0.29, 0.717) is 0 Å². The first-order valence-corrected chi connectivity index (χ1v) is 4.89. The molecule has 0 aliphatic carbocycles. The van der Waals surface area contributed by atoms with Gasteiger partial charge in [0, 0.05) is 4.91 Å². The topological polar surface area (TPSA) is 98.8 Å². The monoisotopic (exact) mass is 230 g/mol. The van der Waals surface area contributed by atoms with Crippen molar-refractivity contribution in [3.8, 4) is 6.07 Å². The number of hydrogen-bond donors (Lipinski definition) is 0. The quantitative estimate of drug-likeness (QED) is 0.334. The van der Waals surface area contributed by atoms with E-state index >= 15 is 0 Å². The lowest BCUT2D eigenvalue weighted by molar-refractivity contribution is -0.143. The number of azide groups is 1. The molecular weight excluding hydrogens is 220 g/mol. The molecule has 1 aromatic rings. The molecule has 0 saturated carbocycles. The molecule has 0 aliphatic rings. The molecule has 86 valence electrons. The lowest BCUT2D eigenvalue weighted by atomic mass is 10.1. The summed E-state index contributed by atoms with van der Waals surface area (Å²) < 4.78 is 4.61. The summed E-state index contributed by atoms with van der Waals surface area (Å²) in [7, 11) is 0. The molecule has 1 atom stereocenters. The van der Waals surface area contributed by atoms with Crippen LogP contribution in [0.3, 0.4) is 0 Å². The van der Waals surface area contributed by atoms with E-state index in [1.165, 1.54) is 0 Å². The van der Waals surface area contributed by atoms with Gasteiger partial charge in [-0.25, -0.2) is 0 Å². The smallest absolute Gasteiger partial charge is 0.316 e. The van der Waals surface area contributed by atoms with Gasteiger partial charge in [0.1, 0.15) is 12.1 Å². The Morgan fingerprint density at radius 2 is 2.24 bits per heavy atom. The zero-order valence-electron chi connectivity index (χ0n) is 8.98. The fraction of sp³-hybridized carbons (Fsp3) is 0.273. The largest absolute Gasteiger partial charge is 0.450 e. The van der Waals surface area contributed by atoms with Crippen molar-refractivity contribution in [2.75, 3.05) is 6.61 Å². The van der Waals surface area contributed by atoms with Gasteiger partial charge in [0.2, 0.25) is 0 Å². The van der Waals surface area contributed by atoms with Gasteiger partial charge in [-0.15, -0.1) is 0 Å². The second-order valence-corrected chi connectivity index (χ2v) is 3.18. The Bertz CT molecular complexity index is 460. The Balaban J connectivity index is 2.70. The highest BCUT2D eigenvalue weighted by molar-refractivity contribution is 5.76. The minimum absolute atomic E-state index is 0.259. The number of nitrogens with zero attached hydrogens (tertiary/aromatic N) is 4. The van der Waals surface area contributed by atoms with Crippen LogP contribution in [-0.4, -0.2) is 18.6 Å². The van der Waals surface area contributed by atoms with Crippen molar-refractivity contribution in [3.63, 3.8) is 0 Å². The molecule has 0 aliphatic heterocycles.